The molecule has 1 fully saturated rings. The van der Waals surface area contributed by atoms with Crippen LogP contribution in [0.4, 0.5) is 17.6 Å². The van der Waals surface area contributed by atoms with Gasteiger partial charge in [0.1, 0.15) is 15.6 Å². The van der Waals surface area contributed by atoms with Gasteiger partial charge in [0.05, 0.1) is 10.9 Å². The van der Waals surface area contributed by atoms with Crippen molar-refractivity contribution in [2.24, 2.45) is 0 Å². The lowest BCUT2D eigenvalue weighted by molar-refractivity contribution is -0.155. The molecule has 1 aliphatic carbocycles. The van der Waals surface area contributed by atoms with Crippen LogP contribution < -0.4 is 4.72 Å². The summed E-state index contributed by atoms with van der Waals surface area (Å²) in [6, 6.07) is 5.83. The monoisotopic (exact) mass is 492 g/mol. The number of carboxylic acids is 1. The SMILES string of the molecule is CC1(c2ccc(F)cc2)CC1(NS(=O)(=O)C1=CCC(c2cc(C(F)(F)F)on2)S1)C(=O)O. The highest BCUT2D eigenvalue weighted by molar-refractivity contribution is 8.18. The summed E-state index contributed by atoms with van der Waals surface area (Å²) in [5, 5.41) is 12.5. The van der Waals surface area contributed by atoms with Gasteiger partial charge < -0.3 is 9.63 Å². The Kier molecular flexibility index (Phi) is 5.21. The molecule has 2 aliphatic rings. The Labute approximate surface area is 183 Å². The van der Waals surface area contributed by atoms with Crippen LogP contribution in [0.15, 0.2) is 45.2 Å². The Hall–Kier alpha value is -2.38. The van der Waals surface area contributed by atoms with E-state index in [0.29, 0.717) is 11.6 Å². The summed E-state index contributed by atoms with van der Waals surface area (Å²) in [4.78, 5) is 12.1. The standard InChI is InChI=1S/C19H16F4N2O5S2/c1-17(10-2-4-11(20)5-3-10)9-18(17,16(26)27)25-32(28,29)15-7-6-13(31-15)12-8-14(30-24-12)19(21,22)23/h2-5,7-8,13,25H,6,9H2,1H3,(H,26,27). The van der Waals surface area contributed by atoms with E-state index in [1.807, 2.05) is 0 Å². The fourth-order valence-electron chi connectivity index (χ4n) is 3.80. The average Bonchev–Trinajstić information content (AvgIpc) is 3.13. The molecule has 172 valence electrons. The Morgan fingerprint density at radius 1 is 1.31 bits per heavy atom. The first-order valence-electron chi connectivity index (χ1n) is 9.23. The second-order valence-electron chi connectivity index (χ2n) is 7.81. The van der Waals surface area contributed by atoms with Gasteiger partial charge in [-0.2, -0.15) is 17.9 Å². The molecule has 4 rings (SSSR count). The highest BCUT2D eigenvalue weighted by Crippen LogP contribution is 2.59. The summed E-state index contributed by atoms with van der Waals surface area (Å²) in [7, 11) is -4.31. The van der Waals surface area contributed by atoms with Gasteiger partial charge in [0.2, 0.25) is 15.8 Å². The van der Waals surface area contributed by atoms with Crippen molar-refractivity contribution in [3.05, 3.63) is 63.5 Å². The van der Waals surface area contributed by atoms with Crippen LogP contribution in [0.3, 0.4) is 0 Å². The molecule has 2 aromatic rings. The Bertz CT molecular complexity index is 1210. The number of nitrogens with zero attached hydrogens (tertiary/aromatic N) is 1. The maximum absolute atomic E-state index is 13.3. The predicted molar refractivity (Wildman–Crippen MR) is 105 cm³/mol. The Balaban J connectivity index is 1.53. The van der Waals surface area contributed by atoms with Crippen molar-refractivity contribution in [1.29, 1.82) is 0 Å². The number of rotatable bonds is 6. The minimum Gasteiger partial charge on any atom is -0.480 e. The summed E-state index contributed by atoms with van der Waals surface area (Å²) >= 11 is 0.751. The van der Waals surface area contributed by atoms with Crippen LogP contribution in [0, 0.1) is 5.82 Å². The van der Waals surface area contributed by atoms with E-state index in [1.54, 1.807) is 6.92 Å². The molecule has 1 aromatic carbocycles. The highest BCUT2D eigenvalue weighted by atomic mass is 32.3. The van der Waals surface area contributed by atoms with Crippen molar-refractivity contribution in [3.63, 3.8) is 0 Å². The van der Waals surface area contributed by atoms with E-state index in [0.717, 1.165) is 23.9 Å². The number of carboxylic acid groups (broad SMARTS) is 1. The summed E-state index contributed by atoms with van der Waals surface area (Å²) in [5.74, 6) is -3.20. The van der Waals surface area contributed by atoms with E-state index in [4.69, 9.17) is 0 Å². The van der Waals surface area contributed by atoms with Gasteiger partial charge in [-0.05, 0) is 30.5 Å². The maximum Gasteiger partial charge on any atom is 0.452 e. The van der Waals surface area contributed by atoms with E-state index in [1.165, 1.54) is 18.2 Å². The number of aliphatic carboxylic acids is 1. The van der Waals surface area contributed by atoms with Gasteiger partial charge in [-0.15, -0.1) is 11.8 Å². The smallest absolute Gasteiger partial charge is 0.452 e. The molecule has 0 bridgehead atoms. The van der Waals surface area contributed by atoms with Gasteiger partial charge in [0.15, 0.2) is 0 Å². The predicted octanol–water partition coefficient (Wildman–Crippen LogP) is 3.96. The van der Waals surface area contributed by atoms with Crippen molar-refractivity contribution < 1.29 is 40.4 Å². The van der Waals surface area contributed by atoms with Crippen LogP contribution in [0.2, 0.25) is 0 Å². The third-order valence-electron chi connectivity index (χ3n) is 5.75. The largest absolute Gasteiger partial charge is 0.480 e. The summed E-state index contributed by atoms with van der Waals surface area (Å²) in [6.45, 7) is 1.56. The van der Waals surface area contributed by atoms with Crippen LogP contribution in [-0.4, -0.2) is 30.2 Å². The van der Waals surface area contributed by atoms with Gasteiger partial charge in [-0.25, -0.2) is 12.8 Å². The molecule has 2 heterocycles. The molecule has 2 N–H and O–H groups in total. The molecule has 1 aromatic heterocycles. The van der Waals surface area contributed by atoms with Crippen LogP contribution in [0.25, 0.3) is 0 Å². The minimum absolute atomic E-state index is 0.0558. The third-order valence-corrected chi connectivity index (χ3v) is 9.13. The van der Waals surface area contributed by atoms with E-state index in [-0.39, 0.29) is 22.8 Å². The quantitative estimate of drug-likeness (QED) is 0.588. The number of halogens is 4. The summed E-state index contributed by atoms with van der Waals surface area (Å²) in [5.41, 5.74) is -2.58. The minimum atomic E-state index is -4.72. The summed E-state index contributed by atoms with van der Waals surface area (Å²) < 4.78 is 83.7. The van der Waals surface area contributed by atoms with Crippen LogP contribution >= 0.6 is 11.8 Å². The zero-order chi connectivity index (χ0) is 23.5. The first-order valence-corrected chi connectivity index (χ1v) is 11.6. The fraction of sp³-hybridized carbons (Fsp3) is 0.368. The molecule has 32 heavy (non-hydrogen) atoms. The molecular weight excluding hydrogens is 476 g/mol. The molecule has 7 nitrogen and oxygen atoms in total. The number of alkyl halides is 3. The normalized spacial score (nSPS) is 27.9. The number of hydrogen-bond donors (Lipinski definition) is 2. The number of aromatic nitrogens is 1. The molecule has 13 heteroatoms. The molecular formula is C19H16F4N2O5S2. The molecule has 0 amide bonds. The molecule has 3 unspecified atom stereocenters. The van der Waals surface area contributed by atoms with E-state index >= 15 is 0 Å². The van der Waals surface area contributed by atoms with E-state index in [9.17, 15) is 35.9 Å². The number of benzene rings is 1. The van der Waals surface area contributed by atoms with Gasteiger partial charge in [0, 0.05) is 11.5 Å². The highest BCUT2D eigenvalue weighted by Gasteiger charge is 2.72. The van der Waals surface area contributed by atoms with Gasteiger partial charge >= 0.3 is 12.1 Å². The lowest BCUT2D eigenvalue weighted by Crippen LogP contribution is -2.48. The van der Waals surface area contributed by atoms with E-state index < -0.39 is 50.0 Å². The molecule has 3 atom stereocenters. The number of thioether (sulfide) groups is 1. The van der Waals surface area contributed by atoms with Gasteiger partial charge in [0.25, 0.3) is 0 Å². The second kappa shape index (κ2) is 7.32. The Morgan fingerprint density at radius 2 is 1.97 bits per heavy atom. The van der Waals surface area contributed by atoms with Gasteiger partial charge in [-0.3, -0.25) is 4.79 Å². The fourth-order valence-corrected chi connectivity index (χ4v) is 6.94. The first kappa shape index (κ1) is 22.8. The number of hydrogen-bond acceptors (Lipinski definition) is 6. The molecule has 1 saturated carbocycles. The number of allylic oxidation sites excluding steroid dienone is 1. The van der Waals surface area contributed by atoms with Crippen LogP contribution in [-0.2, 0) is 26.4 Å². The van der Waals surface area contributed by atoms with E-state index in [2.05, 4.69) is 14.4 Å². The number of sulfonamides is 1. The topological polar surface area (TPSA) is 110 Å². The maximum atomic E-state index is 13.3. The lowest BCUT2D eigenvalue weighted by atomic mass is 9.93. The number of nitrogens with one attached hydrogen (secondary N) is 1. The zero-order valence-corrected chi connectivity index (χ0v) is 17.9. The van der Waals surface area contributed by atoms with Crippen molar-refractivity contribution in [3.8, 4) is 0 Å². The van der Waals surface area contributed by atoms with Crippen molar-refractivity contribution in [2.45, 2.75) is 42.1 Å². The molecule has 0 saturated heterocycles. The molecule has 0 radical (unpaired) electrons. The van der Waals surface area contributed by atoms with Crippen molar-refractivity contribution >= 4 is 27.8 Å². The van der Waals surface area contributed by atoms with Crippen molar-refractivity contribution in [2.75, 3.05) is 0 Å². The second-order valence-corrected chi connectivity index (χ2v) is 11.0. The molecule has 0 spiro atoms. The Morgan fingerprint density at radius 3 is 2.53 bits per heavy atom. The molecule has 1 aliphatic heterocycles. The van der Waals surface area contributed by atoms with Crippen LogP contribution in [0.5, 0.6) is 0 Å². The lowest BCUT2D eigenvalue weighted by Gasteiger charge is -2.21. The first-order chi connectivity index (χ1) is 14.8. The average molecular weight is 492 g/mol. The van der Waals surface area contributed by atoms with Crippen molar-refractivity contribution in [1.82, 2.24) is 9.88 Å². The zero-order valence-electron chi connectivity index (χ0n) is 16.3. The third kappa shape index (κ3) is 3.71. The summed E-state index contributed by atoms with van der Waals surface area (Å²) in [6.07, 6.45) is -3.41. The number of carbonyl (C=O) groups is 1. The van der Waals surface area contributed by atoms with Gasteiger partial charge in [-0.1, -0.05) is 30.3 Å². The van der Waals surface area contributed by atoms with Crippen LogP contribution in [0.1, 0.15) is 42.0 Å².